The molecule has 0 radical (unpaired) electrons. The number of cyclic esters (lactones) is 2. The summed E-state index contributed by atoms with van der Waals surface area (Å²) in [4.78, 5) is 24.7. The van der Waals surface area contributed by atoms with Gasteiger partial charge in [0.1, 0.15) is 5.60 Å². The predicted octanol–water partition coefficient (Wildman–Crippen LogP) is 1.49. The summed E-state index contributed by atoms with van der Waals surface area (Å²) in [6, 6.07) is 0. The summed E-state index contributed by atoms with van der Waals surface area (Å²) in [5, 5.41) is 2.47. The van der Waals surface area contributed by atoms with E-state index in [0.29, 0.717) is 6.54 Å². The van der Waals surface area contributed by atoms with Crippen LogP contribution in [0.4, 0.5) is 9.59 Å². The molecule has 0 aromatic carbocycles. The number of hydrogen-bond acceptors (Lipinski definition) is 6. The molecule has 2 atom stereocenters. The highest BCUT2D eigenvalue weighted by atomic mass is 16.8. The molecule has 1 amide bonds. The van der Waals surface area contributed by atoms with Crippen LogP contribution >= 0.6 is 0 Å². The minimum absolute atomic E-state index is 0.233. The molecule has 1 heterocycles. The first-order valence-electron chi connectivity index (χ1n) is 6.29. The molecular formula is C13H22N2O5. The Kier molecular flexibility index (Phi) is 4.99. The number of alkyl carbamates (subject to hydrolysis) is 1. The van der Waals surface area contributed by atoms with E-state index in [9.17, 15) is 9.59 Å². The molecule has 1 fully saturated rings. The molecule has 114 valence electrons. The number of carbonyl (C=O) groups excluding carboxylic acids is 2. The molecule has 0 aromatic heterocycles. The maximum absolute atomic E-state index is 11.7. The maximum Gasteiger partial charge on any atom is 0.509 e. The monoisotopic (exact) mass is 286 g/mol. The van der Waals surface area contributed by atoms with Crippen molar-refractivity contribution in [2.75, 3.05) is 20.6 Å². The second kappa shape index (κ2) is 6.13. The molecule has 7 heteroatoms. The van der Waals surface area contributed by atoms with Gasteiger partial charge in [0.05, 0.1) is 5.70 Å². The van der Waals surface area contributed by atoms with Crippen LogP contribution in [0.15, 0.2) is 12.3 Å². The van der Waals surface area contributed by atoms with E-state index < -0.39 is 30.1 Å². The summed E-state index contributed by atoms with van der Waals surface area (Å²) in [6.45, 7) is 9.43. The number of nitrogens with one attached hydrogen (secondary N) is 1. The lowest BCUT2D eigenvalue weighted by Gasteiger charge is -2.23. The first-order valence-corrected chi connectivity index (χ1v) is 6.29. The Bertz CT molecular complexity index is 400. The summed E-state index contributed by atoms with van der Waals surface area (Å²) in [7, 11) is 3.68. The second-order valence-corrected chi connectivity index (χ2v) is 5.86. The fourth-order valence-corrected chi connectivity index (χ4v) is 1.69. The van der Waals surface area contributed by atoms with Crippen molar-refractivity contribution >= 4 is 12.2 Å². The second-order valence-electron chi connectivity index (χ2n) is 5.86. The van der Waals surface area contributed by atoms with Gasteiger partial charge < -0.3 is 19.1 Å². The van der Waals surface area contributed by atoms with Crippen LogP contribution in [0.25, 0.3) is 0 Å². The Balaban J connectivity index is 2.61. The van der Waals surface area contributed by atoms with E-state index in [2.05, 4.69) is 11.9 Å². The first kappa shape index (κ1) is 16.3. The van der Waals surface area contributed by atoms with Crippen LogP contribution in [0.2, 0.25) is 0 Å². The van der Waals surface area contributed by atoms with Gasteiger partial charge in [-0.1, -0.05) is 6.58 Å². The highest BCUT2D eigenvalue weighted by Gasteiger charge is 2.39. The largest absolute Gasteiger partial charge is 0.509 e. The van der Waals surface area contributed by atoms with Crippen molar-refractivity contribution in [1.29, 1.82) is 0 Å². The summed E-state index contributed by atoms with van der Waals surface area (Å²) >= 11 is 0. The zero-order chi connectivity index (χ0) is 15.5. The lowest BCUT2D eigenvalue weighted by molar-refractivity contribution is 0.0522. The van der Waals surface area contributed by atoms with Crippen LogP contribution in [0, 0.1) is 0 Å². The standard InChI is InChI=1S/C13H22N2O5/c1-8(14-11(16)20-13(2,3)4)10-9(7-15(5)6)18-12(17)19-10/h9-10H,1,7H2,2-6H3,(H,14,16). The fraction of sp³-hybridized carbons (Fsp3) is 0.692. The van der Waals surface area contributed by atoms with Gasteiger partial charge in [0.2, 0.25) is 0 Å². The van der Waals surface area contributed by atoms with E-state index in [0.717, 1.165) is 0 Å². The highest BCUT2D eigenvalue weighted by molar-refractivity contribution is 5.71. The van der Waals surface area contributed by atoms with Crippen molar-refractivity contribution in [3.05, 3.63) is 12.3 Å². The van der Waals surface area contributed by atoms with E-state index in [4.69, 9.17) is 14.2 Å². The van der Waals surface area contributed by atoms with Gasteiger partial charge in [0.25, 0.3) is 0 Å². The minimum atomic E-state index is -0.769. The molecule has 2 unspecified atom stereocenters. The Hall–Kier alpha value is -1.76. The van der Waals surface area contributed by atoms with Crippen molar-refractivity contribution in [3.8, 4) is 0 Å². The molecule has 0 aromatic rings. The third kappa shape index (κ3) is 5.08. The molecule has 1 saturated heterocycles. The third-order valence-corrected chi connectivity index (χ3v) is 2.36. The SMILES string of the molecule is C=C(NC(=O)OC(C)(C)C)C1OC(=O)OC1CN(C)C. The van der Waals surface area contributed by atoms with Crippen molar-refractivity contribution in [2.24, 2.45) is 0 Å². The molecule has 20 heavy (non-hydrogen) atoms. The van der Waals surface area contributed by atoms with Gasteiger partial charge >= 0.3 is 12.2 Å². The number of amides is 1. The summed E-state index contributed by atoms with van der Waals surface area (Å²) in [6.07, 6.45) is -2.65. The molecular weight excluding hydrogens is 264 g/mol. The lowest BCUT2D eigenvalue weighted by Crippen LogP contribution is -2.41. The minimum Gasteiger partial charge on any atom is -0.444 e. The van der Waals surface area contributed by atoms with Gasteiger partial charge in [0.15, 0.2) is 12.2 Å². The number of likely N-dealkylation sites (N-methyl/N-ethyl adjacent to an activating group) is 1. The number of ether oxygens (including phenoxy) is 3. The molecule has 0 spiro atoms. The molecule has 1 aliphatic heterocycles. The van der Waals surface area contributed by atoms with Crippen LogP contribution in [0.3, 0.4) is 0 Å². The Labute approximate surface area is 118 Å². The van der Waals surface area contributed by atoms with Gasteiger partial charge in [0, 0.05) is 6.54 Å². The molecule has 1 aliphatic rings. The van der Waals surface area contributed by atoms with Crippen LogP contribution in [-0.4, -0.2) is 55.6 Å². The molecule has 7 nitrogen and oxygen atoms in total. The topological polar surface area (TPSA) is 77.1 Å². The lowest BCUT2D eigenvalue weighted by atomic mass is 10.1. The van der Waals surface area contributed by atoms with Crippen molar-refractivity contribution in [3.63, 3.8) is 0 Å². The quantitative estimate of drug-likeness (QED) is 0.789. The van der Waals surface area contributed by atoms with Crippen molar-refractivity contribution in [1.82, 2.24) is 10.2 Å². The predicted molar refractivity (Wildman–Crippen MR) is 72.2 cm³/mol. The highest BCUT2D eigenvalue weighted by Crippen LogP contribution is 2.20. The third-order valence-electron chi connectivity index (χ3n) is 2.36. The number of hydrogen-bond donors (Lipinski definition) is 1. The Morgan fingerprint density at radius 2 is 2.00 bits per heavy atom. The van der Waals surface area contributed by atoms with E-state index in [1.807, 2.05) is 19.0 Å². The van der Waals surface area contributed by atoms with Crippen molar-refractivity contribution in [2.45, 2.75) is 38.6 Å². The number of carbonyl (C=O) groups is 2. The van der Waals surface area contributed by atoms with Crippen LogP contribution in [0.1, 0.15) is 20.8 Å². The fourth-order valence-electron chi connectivity index (χ4n) is 1.69. The molecule has 0 aliphatic carbocycles. The van der Waals surface area contributed by atoms with Gasteiger partial charge in [-0.05, 0) is 34.9 Å². The average molecular weight is 286 g/mol. The van der Waals surface area contributed by atoms with Crippen LogP contribution < -0.4 is 5.32 Å². The number of nitrogens with zero attached hydrogens (tertiary/aromatic N) is 1. The maximum atomic E-state index is 11.7. The van der Waals surface area contributed by atoms with Crippen LogP contribution in [0.5, 0.6) is 0 Å². The normalized spacial score (nSPS) is 22.2. The first-order chi connectivity index (χ1) is 9.08. The smallest absolute Gasteiger partial charge is 0.444 e. The van der Waals surface area contributed by atoms with Gasteiger partial charge in [-0.15, -0.1) is 0 Å². The van der Waals surface area contributed by atoms with E-state index in [-0.39, 0.29) is 5.70 Å². The average Bonchev–Trinajstić information content (AvgIpc) is 2.55. The molecule has 1 rings (SSSR count). The van der Waals surface area contributed by atoms with Crippen LogP contribution in [-0.2, 0) is 14.2 Å². The zero-order valence-corrected chi connectivity index (χ0v) is 12.6. The Morgan fingerprint density at radius 3 is 2.50 bits per heavy atom. The van der Waals surface area contributed by atoms with E-state index in [1.165, 1.54) is 0 Å². The summed E-state index contributed by atoms with van der Waals surface area (Å²) in [5.41, 5.74) is -0.382. The van der Waals surface area contributed by atoms with Gasteiger partial charge in [-0.3, -0.25) is 5.32 Å². The van der Waals surface area contributed by atoms with Gasteiger partial charge in [-0.2, -0.15) is 0 Å². The molecule has 0 bridgehead atoms. The molecule has 0 saturated carbocycles. The summed E-state index contributed by atoms with van der Waals surface area (Å²) < 4.78 is 15.2. The van der Waals surface area contributed by atoms with Crippen molar-refractivity contribution < 1.29 is 23.8 Å². The van der Waals surface area contributed by atoms with E-state index in [1.54, 1.807) is 20.8 Å². The Morgan fingerprint density at radius 1 is 1.40 bits per heavy atom. The summed E-state index contributed by atoms with van der Waals surface area (Å²) in [5.74, 6) is 0. The van der Waals surface area contributed by atoms with Gasteiger partial charge in [-0.25, -0.2) is 9.59 Å². The number of rotatable bonds is 4. The van der Waals surface area contributed by atoms with E-state index >= 15 is 0 Å². The molecule has 1 N–H and O–H groups in total. The zero-order valence-electron chi connectivity index (χ0n) is 12.6.